The van der Waals surface area contributed by atoms with Gasteiger partial charge in [-0.2, -0.15) is 0 Å². The molecule has 0 bridgehead atoms. The number of rotatable bonds is 6. The van der Waals surface area contributed by atoms with Gasteiger partial charge in [0, 0.05) is 30.3 Å². The highest BCUT2D eigenvalue weighted by Gasteiger charge is 2.35. The number of H-pyrrole nitrogens is 1. The number of nitrogens with zero attached hydrogens (tertiary/aromatic N) is 1. The van der Waals surface area contributed by atoms with Crippen LogP contribution >= 0.6 is 0 Å². The number of imidazole rings is 1. The predicted octanol–water partition coefficient (Wildman–Crippen LogP) is -0.207. The molecule has 1 aromatic heterocycles. The quantitative estimate of drug-likeness (QED) is 0.568. The van der Waals surface area contributed by atoms with Crippen molar-refractivity contribution in [2.24, 2.45) is 5.73 Å². The van der Waals surface area contributed by atoms with Crippen molar-refractivity contribution in [1.82, 2.24) is 15.3 Å². The lowest BCUT2D eigenvalue weighted by molar-refractivity contribution is -0.142. The Hall–Kier alpha value is -1.89. The van der Waals surface area contributed by atoms with Gasteiger partial charge in [-0.05, 0) is 19.3 Å². The van der Waals surface area contributed by atoms with Gasteiger partial charge in [-0.15, -0.1) is 0 Å². The summed E-state index contributed by atoms with van der Waals surface area (Å²) in [6.45, 7) is 0. The average molecular weight is 266 g/mol. The highest BCUT2D eigenvalue weighted by molar-refractivity contribution is 5.84. The minimum absolute atomic E-state index is 0.179. The van der Waals surface area contributed by atoms with Crippen LogP contribution in [0.4, 0.5) is 0 Å². The van der Waals surface area contributed by atoms with Crippen LogP contribution in [0.5, 0.6) is 0 Å². The molecule has 19 heavy (non-hydrogen) atoms. The molecule has 0 unspecified atom stereocenters. The largest absolute Gasteiger partial charge is 0.480 e. The zero-order valence-electron chi connectivity index (χ0n) is 10.6. The molecule has 104 valence electrons. The van der Waals surface area contributed by atoms with E-state index in [2.05, 4.69) is 15.3 Å². The smallest absolute Gasteiger partial charge is 0.326 e. The fourth-order valence-corrected chi connectivity index (χ4v) is 2.19. The van der Waals surface area contributed by atoms with Crippen LogP contribution in [-0.2, 0) is 16.0 Å². The molecule has 1 saturated carbocycles. The van der Waals surface area contributed by atoms with Crippen molar-refractivity contribution in [1.29, 1.82) is 0 Å². The topological polar surface area (TPSA) is 121 Å². The molecule has 7 nitrogen and oxygen atoms in total. The van der Waals surface area contributed by atoms with E-state index < -0.39 is 17.6 Å². The molecule has 2 rings (SSSR count). The van der Waals surface area contributed by atoms with Crippen molar-refractivity contribution in [3.05, 3.63) is 18.2 Å². The third-order valence-corrected chi connectivity index (χ3v) is 3.47. The first-order valence-corrected chi connectivity index (χ1v) is 6.27. The molecule has 1 aromatic rings. The Labute approximate surface area is 110 Å². The van der Waals surface area contributed by atoms with E-state index in [0.29, 0.717) is 5.69 Å². The number of aliphatic carboxylic acids is 1. The Morgan fingerprint density at radius 3 is 2.79 bits per heavy atom. The second-order valence-corrected chi connectivity index (χ2v) is 5.13. The zero-order chi connectivity index (χ0) is 13.9. The van der Waals surface area contributed by atoms with Gasteiger partial charge in [0.15, 0.2) is 0 Å². The van der Waals surface area contributed by atoms with Crippen molar-refractivity contribution in [2.45, 2.75) is 43.7 Å². The highest BCUT2D eigenvalue weighted by atomic mass is 16.4. The van der Waals surface area contributed by atoms with Gasteiger partial charge in [0.2, 0.25) is 5.91 Å². The Kier molecular flexibility index (Phi) is 3.84. The van der Waals surface area contributed by atoms with E-state index in [-0.39, 0.29) is 18.7 Å². The van der Waals surface area contributed by atoms with Gasteiger partial charge < -0.3 is 21.1 Å². The molecule has 5 N–H and O–H groups in total. The van der Waals surface area contributed by atoms with Gasteiger partial charge in [-0.1, -0.05) is 0 Å². The standard InChI is InChI=1S/C12H18N4O3/c13-12(2-1-3-12)5-10(17)16-9(11(18)19)4-8-6-14-7-15-8/h6-7,9H,1-5,13H2,(H,14,15)(H,16,17)(H,18,19)/t9-/m0/s1. The Morgan fingerprint density at radius 2 is 2.32 bits per heavy atom. The van der Waals surface area contributed by atoms with Crippen LogP contribution in [0.25, 0.3) is 0 Å². The average Bonchev–Trinajstić information content (AvgIpc) is 2.78. The lowest BCUT2D eigenvalue weighted by Crippen LogP contribution is -2.52. The monoisotopic (exact) mass is 266 g/mol. The summed E-state index contributed by atoms with van der Waals surface area (Å²) in [6, 6.07) is -0.961. The predicted molar refractivity (Wildman–Crippen MR) is 67.2 cm³/mol. The van der Waals surface area contributed by atoms with Crippen LogP contribution in [0.2, 0.25) is 0 Å². The van der Waals surface area contributed by atoms with Crippen LogP contribution < -0.4 is 11.1 Å². The molecule has 1 aliphatic rings. The van der Waals surface area contributed by atoms with E-state index in [4.69, 9.17) is 10.8 Å². The van der Waals surface area contributed by atoms with Crippen molar-refractivity contribution >= 4 is 11.9 Å². The number of nitrogens with one attached hydrogen (secondary N) is 2. The molecule has 0 spiro atoms. The van der Waals surface area contributed by atoms with E-state index >= 15 is 0 Å². The van der Waals surface area contributed by atoms with E-state index in [1.165, 1.54) is 6.33 Å². The number of carbonyl (C=O) groups is 2. The summed E-state index contributed by atoms with van der Waals surface area (Å²) < 4.78 is 0. The number of carbonyl (C=O) groups excluding carboxylic acids is 1. The maximum Gasteiger partial charge on any atom is 0.326 e. The van der Waals surface area contributed by atoms with Crippen LogP contribution in [0, 0.1) is 0 Å². The summed E-state index contributed by atoms with van der Waals surface area (Å²) in [5, 5.41) is 11.6. The molecule has 0 aliphatic heterocycles. The summed E-state index contributed by atoms with van der Waals surface area (Å²) in [4.78, 5) is 29.6. The fourth-order valence-electron chi connectivity index (χ4n) is 2.19. The number of aromatic amines is 1. The van der Waals surface area contributed by atoms with E-state index in [1.54, 1.807) is 6.20 Å². The molecule has 0 aromatic carbocycles. The molecule has 0 radical (unpaired) electrons. The lowest BCUT2D eigenvalue weighted by atomic mass is 9.75. The van der Waals surface area contributed by atoms with Crippen LogP contribution in [-0.4, -0.2) is 38.5 Å². The number of carboxylic acid groups (broad SMARTS) is 1. The van der Waals surface area contributed by atoms with E-state index in [1.807, 2.05) is 0 Å². The number of aromatic nitrogens is 2. The second kappa shape index (κ2) is 5.40. The Bertz CT molecular complexity index is 454. The minimum atomic E-state index is -1.07. The number of hydrogen-bond acceptors (Lipinski definition) is 4. The van der Waals surface area contributed by atoms with Crippen LogP contribution in [0.15, 0.2) is 12.5 Å². The molecule has 1 atom stereocenters. The summed E-state index contributed by atoms with van der Waals surface area (Å²) >= 11 is 0. The van der Waals surface area contributed by atoms with Crippen molar-refractivity contribution < 1.29 is 14.7 Å². The lowest BCUT2D eigenvalue weighted by Gasteiger charge is -2.37. The maximum atomic E-state index is 11.8. The Balaban J connectivity index is 1.89. The SMILES string of the molecule is NC1(CC(=O)N[C@@H](Cc2cnc[nH]2)C(=O)O)CCC1. The molecule has 1 amide bonds. The number of nitrogens with two attached hydrogens (primary N) is 1. The summed E-state index contributed by atoms with van der Waals surface area (Å²) in [5.41, 5.74) is 6.19. The van der Waals surface area contributed by atoms with Crippen LogP contribution in [0.3, 0.4) is 0 Å². The van der Waals surface area contributed by atoms with Gasteiger partial charge in [0.05, 0.1) is 6.33 Å². The van der Waals surface area contributed by atoms with Crippen molar-refractivity contribution in [2.75, 3.05) is 0 Å². The number of amides is 1. The summed E-state index contributed by atoms with van der Waals surface area (Å²) in [6.07, 6.45) is 6.04. The van der Waals surface area contributed by atoms with Crippen molar-refractivity contribution in [3.8, 4) is 0 Å². The molecular formula is C12H18N4O3. The van der Waals surface area contributed by atoms with Gasteiger partial charge >= 0.3 is 5.97 Å². The first-order valence-electron chi connectivity index (χ1n) is 6.27. The molecule has 1 aliphatic carbocycles. The molecule has 1 heterocycles. The van der Waals surface area contributed by atoms with Gasteiger partial charge in [-0.3, -0.25) is 4.79 Å². The van der Waals surface area contributed by atoms with E-state index in [9.17, 15) is 9.59 Å². The molecular weight excluding hydrogens is 248 g/mol. The third-order valence-electron chi connectivity index (χ3n) is 3.47. The Morgan fingerprint density at radius 1 is 1.58 bits per heavy atom. The van der Waals surface area contributed by atoms with E-state index in [0.717, 1.165) is 19.3 Å². The summed E-state index contributed by atoms with van der Waals surface area (Å²) in [5.74, 6) is -1.38. The molecule has 0 saturated heterocycles. The van der Waals surface area contributed by atoms with Gasteiger partial charge in [-0.25, -0.2) is 9.78 Å². The normalized spacial score (nSPS) is 18.4. The summed E-state index contributed by atoms with van der Waals surface area (Å²) in [7, 11) is 0. The molecule has 7 heteroatoms. The van der Waals surface area contributed by atoms with Gasteiger partial charge in [0.25, 0.3) is 0 Å². The first kappa shape index (κ1) is 13.5. The minimum Gasteiger partial charge on any atom is -0.480 e. The van der Waals surface area contributed by atoms with Crippen LogP contribution in [0.1, 0.15) is 31.4 Å². The van der Waals surface area contributed by atoms with Gasteiger partial charge in [0.1, 0.15) is 6.04 Å². The molecule has 1 fully saturated rings. The van der Waals surface area contributed by atoms with Crippen molar-refractivity contribution in [3.63, 3.8) is 0 Å². The third kappa shape index (κ3) is 3.54. The first-order chi connectivity index (χ1) is 8.98. The number of hydrogen-bond donors (Lipinski definition) is 4. The second-order valence-electron chi connectivity index (χ2n) is 5.13. The highest BCUT2D eigenvalue weighted by Crippen LogP contribution is 2.31. The zero-order valence-corrected chi connectivity index (χ0v) is 10.6. The fraction of sp³-hybridized carbons (Fsp3) is 0.583. The maximum absolute atomic E-state index is 11.8. The number of carboxylic acids is 1.